The summed E-state index contributed by atoms with van der Waals surface area (Å²) in [6.07, 6.45) is 0. The largest absolute Gasteiger partial charge is 0.451 e. The van der Waals surface area contributed by atoms with Gasteiger partial charge in [0.25, 0.3) is 0 Å². The number of para-hydroxylation sites is 1. The molecule has 0 N–H and O–H groups in total. The standard InChI is InChI=1S/C19H15FN2O3S/c1-24-9-8-22-14-7-6-13(20)11-17(14)26-19(22)21-18(23)16-10-12-4-2-3-5-15(12)25-16/h2-7,10-11H,8-9H2,1H3. The highest BCUT2D eigenvalue weighted by Crippen LogP contribution is 2.21. The Kier molecular flexibility index (Phi) is 4.40. The third-order valence-electron chi connectivity index (χ3n) is 4.00. The van der Waals surface area contributed by atoms with Crippen LogP contribution in [0.2, 0.25) is 0 Å². The summed E-state index contributed by atoms with van der Waals surface area (Å²) in [4.78, 5) is 17.3. The maximum Gasteiger partial charge on any atom is 0.315 e. The fourth-order valence-corrected chi connectivity index (χ4v) is 3.84. The maximum atomic E-state index is 13.5. The van der Waals surface area contributed by atoms with E-state index in [1.54, 1.807) is 25.3 Å². The Balaban J connectivity index is 1.81. The summed E-state index contributed by atoms with van der Waals surface area (Å²) in [5.41, 5.74) is 1.45. The first-order valence-electron chi connectivity index (χ1n) is 8.01. The fraction of sp³-hybridized carbons (Fsp3) is 0.158. The molecule has 7 heteroatoms. The summed E-state index contributed by atoms with van der Waals surface area (Å²) >= 11 is 1.26. The van der Waals surface area contributed by atoms with Crippen molar-refractivity contribution in [3.05, 3.63) is 64.9 Å². The number of methoxy groups -OCH3 is 1. The molecule has 0 saturated heterocycles. The molecule has 0 radical (unpaired) electrons. The molecule has 2 aromatic heterocycles. The van der Waals surface area contributed by atoms with Crippen LogP contribution in [0.25, 0.3) is 21.2 Å². The van der Waals surface area contributed by atoms with Gasteiger partial charge in [-0.2, -0.15) is 4.99 Å². The molecule has 1 amide bonds. The number of carbonyl (C=O) groups excluding carboxylic acids is 1. The highest BCUT2D eigenvalue weighted by Gasteiger charge is 2.13. The molecule has 0 atom stereocenters. The van der Waals surface area contributed by atoms with Crippen LogP contribution in [-0.2, 0) is 11.3 Å². The molecular formula is C19H15FN2O3S. The van der Waals surface area contributed by atoms with Crippen molar-refractivity contribution in [2.75, 3.05) is 13.7 Å². The number of carbonyl (C=O) groups is 1. The number of hydrogen-bond donors (Lipinski definition) is 0. The van der Waals surface area contributed by atoms with E-state index in [-0.39, 0.29) is 11.6 Å². The van der Waals surface area contributed by atoms with E-state index < -0.39 is 5.91 Å². The van der Waals surface area contributed by atoms with Crippen molar-refractivity contribution in [3.63, 3.8) is 0 Å². The number of rotatable bonds is 4. The molecule has 26 heavy (non-hydrogen) atoms. The Hall–Kier alpha value is -2.77. The van der Waals surface area contributed by atoms with E-state index in [1.807, 2.05) is 22.8 Å². The smallest absolute Gasteiger partial charge is 0.315 e. The van der Waals surface area contributed by atoms with Crippen molar-refractivity contribution in [2.45, 2.75) is 6.54 Å². The molecule has 0 saturated carbocycles. The Morgan fingerprint density at radius 3 is 2.92 bits per heavy atom. The van der Waals surface area contributed by atoms with Crippen LogP contribution in [0, 0.1) is 5.82 Å². The summed E-state index contributed by atoms with van der Waals surface area (Å²) in [5.74, 6) is -0.625. The number of thiazole rings is 1. The average molecular weight is 370 g/mol. The zero-order valence-corrected chi connectivity index (χ0v) is 14.8. The molecule has 4 aromatic rings. The van der Waals surface area contributed by atoms with Crippen molar-refractivity contribution >= 4 is 38.4 Å². The summed E-state index contributed by atoms with van der Waals surface area (Å²) < 4.78 is 26.8. The van der Waals surface area contributed by atoms with Crippen molar-refractivity contribution in [2.24, 2.45) is 4.99 Å². The van der Waals surface area contributed by atoms with E-state index in [2.05, 4.69) is 4.99 Å². The molecule has 132 valence electrons. The molecule has 4 rings (SSSR count). The lowest BCUT2D eigenvalue weighted by atomic mass is 10.2. The average Bonchev–Trinajstić information content (AvgIpc) is 3.20. The van der Waals surface area contributed by atoms with Crippen LogP contribution in [0.1, 0.15) is 10.6 Å². The van der Waals surface area contributed by atoms with Gasteiger partial charge in [0.1, 0.15) is 11.4 Å². The highest BCUT2D eigenvalue weighted by molar-refractivity contribution is 7.16. The maximum absolute atomic E-state index is 13.5. The van der Waals surface area contributed by atoms with E-state index >= 15 is 0 Å². The van der Waals surface area contributed by atoms with Crippen LogP contribution < -0.4 is 4.80 Å². The number of ether oxygens (including phenoxy) is 1. The van der Waals surface area contributed by atoms with Crippen molar-refractivity contribution in [3.8, 4) is 0 Å². The Morgan fingerprint density at radius 2 is 2.12 bits per heavy atom. The van der Waals surface area contributed by atoms with Crippen molar-refractivity contribution < 1.29 is 18.3 Å². The number of fused-ring (bicyclic) bond motifs is 2. The molecule has 0 aliphatic heterocycles. The third-order valence-corrected chi connectivity index (χ3v) is 5.04. The second kappa shape index (κ2) is 6.86. The van der Waals surface area contributed by atoms with Crippen LogP contribution in [0.15, 0.2) is 57.9 Å². The minimum absolute atomic E-state index is 0.174. The van der Waals surface area contributed by atoms with Crippen LogP contribution in [0.5, 0.6) is 0 Å². The number of furan rings is 1. The summed E-state index contributed by atoms with van der Waals surface area (Å²) in [6.45, 7) is 0.962. The first-order valence-corrected chi connectivity index (χ1v) is 8.83. The van der Waals surface area contributed by atoms with E-state index in [0.717, 1.165) is 15.6 Å². The van der Waals surface area contributed by atoms with Gasteiger partial charge >= 0.3 is 5.91 Å². The SMILES string of the molecule is COCCn1c(=NC(=O)c2cc3ccccc3o2)sc2cc(F)ccc21. The molecule has 0 bridgehead atoms. The van der Waals surface area contributed by atoms with E-state index in [1.165, 1.54) is 23.5 Å². The molecule has 0 fully saturated rings. The molecule has 0 aliphatic rings. The molecule has 0 unspecified atom stereocenters. The predicted octanol–water partition coefficient (Wildman–Crippen LogP) is 3.98. The third kappa shape index (κ3) is 3.07. The van der Waals surface area contributed by atoms with Gasteiger partial charge in [0.2, 0.25) is 0 Å². The minimum Gasteiger partial charge on any atom is -0.451 e. The van der Waals surface area contributed by atoms with Crippen molar-refractivity contribution in [1.82, 2.24) is 4.57 Å². The zero-order valence-electron chi connectivity index (χ0n) is 13.9. The van der Waals surface area contributed by atoms with Gasteiger partial charge in [-0.25, -0.2) is 4.39 Å². The first-order chi connectivity index (χ1) is 12.7. The van der Waals surface area contributed by atoms with Gasteiger partial charge in [-0.05, 0) is 30.3 Å². The predicted molar refractivity (Wildman–Crippen MR) is 97.8 cm³/mol. The summed E-state index contributed by atoms with van der Waals surface area (Å²) in [7, 11) is 1.60. The van der Waals surface area contributed by atoms with Crippen LogP contribution in [0.4, 0.5) is 4.39 Å². The van der Waals surface area contributed by atoms with Gasteiger partial charge < -0.3 is 13.7 Å². The lowest BCUT2D eigenvalue weighted by molar-refractivity contribution is 0.0973. The number of nitrogens with zero attached hydrogens (tertiary/aromatic N) is 2. The Bertz CT molecular complexity index is 1140. The minimum atomic E-state index is -0.473. The van der Waals surface area contributed by atoms with Crippen LogP contribution in [0.3, 0.4) is 0 Å². The second-order valence-corrected chi connectivity index (χ2v) is 6.72. The highest BCUT2D eigenvalue weighted by atomic mass is 32.1. The van der Waals surface area contributed by atoms with Gasteiger partial charge in [-0.1, -0.05) is 29.5 Å². The molecular weight excluding hydrogens is 355 g/mol. The molecule has 0 spiro atoms. The normalized spacial score (nSPS) is 12.3. The number of hydrogen-bond acceptors (Lipinski definition) is 4. The molecule has 5 nitrogen and oxygen atoms in total. The number of amides is 1. The lowest BCUT2D eigenvalue weighted by Gasteiger charge is -2.03. The van der Waals surface area contributed by atoms with Gasteiger partial charge in [-0.3, -0.25) is 4.79 Å². The second-order valence-electron chi connectivity index (χ2n) is 5.71. The topological polar surface area (TPSA) is 56.7 Å². The monoisotopic (exact) mass is 370 g/mol. The van der Waals surface area contributed by atoms with Gasteiger partial charge in [0.15, 0.2) is 10.6 Å². The van der Waals surface area contributed by atoms with Gasteiger partial charge in [0, 0.05) is 19.0 Å². The number of aromatic nitrogens is 1. The Labute approximate surface area is 152 Å². The number of halogens is 1. The quantitative estimate of drug-likeness (QED) is 0.546. The summed E-state index contributed by atoms with van der Waals surface area (Å²) in [5, 5.41) is 0.844. The van der Waals surface area contributed by atoms with E-state index in [0.29, 0.717) is 23.5 Å². The fourth-order valence-electron chi connectivity index (χ4n) is 2.76. The van der Waals surface area contributed by atoms with Gasteiger partial charge in [0.05, 0.1) is 16.8 Å². The summed E-state index contributed by atoms with van der Waals surface area (Å²) in [6, 6.07) is 13.6. The van der Waals surface area contributed by atoms with E-state index in [4.69, 9.17) is 9.15 Å². The van der Waals surface area contributed by atoms with E-state index in [9.17, 15) is 9.18 Å². The lowest BCUT2D eigenvalue weighted by Crippen LogP contribution is -2.19. The first kappa shape index (κ1) is 16.7. The van der Waals surface area contributed by atoms with Crippen LogP contribution >= 0.6 is 11.3 Å². The zero-order chi connectivity index (χ0) is 18.1. The number of benzene rings is 2. The molecule has 0 aliphatic carbocycles. The molecule has 2 aromatic carbocycles. The van der Waals surface area contributed by atoms with Crippen LogP contribution in [-0.4, -0.2) is 24.2 Å². The van der Waals surface area contributed by atoms with Gasteiger partial charge in [-0.15, -0.1) is 0 Å². The van der Waals surface area contributed by atoms with Crippen molar-refractivity contribution in [1.29, 1.82) is 0 Å². The Morgan fingerprint density at radius 1 is 1.27 bits per heavy atom. The molecule has 2 heterocycles.